The molecule has 3 heteroatoms. The summed E-state index contributed by atoms with van der Waals surface area (Å²) < 4.78 is 10.7. The van der Waals surface area contributed by atoms with Crippen LogP contribution in [0.1, 0.15) is 13.3 Å². The molecule has 0 amide bonds. The minimum atomic E-state index is -0.392. The van der Waals surface area contributed by atoms with Crippen LogP contribution in [0, 0.1) is 0 Å². The third kappa shape index (κ3) is 1.01. The summed E-state index contributed by atoms with van der Waals surface area (Å²) in [7, 11) is 1.54. The van der Waals surface area contributed by atoms with Crippen molar-refractivity contribution in [2.45, 2.75) is 31.2 Å². The number of hydrogen-bond acceptors (Lipinski definition) is 3. The first-order chi connectivity index (χ1) is 5.64. The van der Waals surface area contributed by atoms with Gasteiger partial charge in [0, 0.05) is 13.5 Å². The van der Waals surface area contributed by atoms with Crippen molar-refractivity contribution in [3.8, 4) is 0 Å². The lowest BCUT2D eigenvalue weighted by Gasteiger charge is -2.33. The zero-order valence-corrected chi connectivity index (χ0v) is 7.24. The first-order valence-corrected chi connectivity index (χ1v) is 4.07. The first kappa shape index (κ1) is 7.95. The van der Waals surface area contributed by atoms with Crippen molar-refractivity contribution >= 4 is 5.78 Å². The van der Waals surface area contributed by atoms with Crippen molar-refractivity contribution < 1.29 is 14.3 Å². The normalized spacial score (nSPS) is 45.3. The maximum absolute atomic E-state index is 11.4. The van der Waals surface area contributed by atoms with Crippen molar-refractivity contribution in [2.75, 3.05) is 7.11 Å². The van der Waals surface area contributed by atoms with Gasteiger partial charge in [-0.15, -0.1) is 0 Å². The molecule has 0 aromatic heterocycles. The highest BCUT2D eigenvalue weighted by molar-refractivity contribution is 5.86. The molecule has 2 aliphatic heterocycles. The minimum absolute atomic E-state index is 0.140. The summed E-state index contributed by atoms with van der Waals surface area (Å²) in [4.78, 5) is 11.4. The molecule has 0 aromatic carbocycles. The quantitative estimate of drug-likeness (QED) is 0.540. The fraction of sp³-hybridized carbons (Fsp3) is 0.667. The lowest BCUT2D eigenvalue weighted by atomic mass is 9.96. The van der Waals surface area contributed by atoms with Crippen molar-refractivity contribution in [2.24, 2.45) is 0 Å². The summed E-state index contributed by atoms with van der Waals surface area (Å²) in [5.74, 6) is 0.140. The maximum Gasteiger partial charge on any atom is 0.167 e. The highest BCUT2D eigenvalue weighted by atomic mass is 16.6. The summed E-state index contributed by atoms with van der Waals surface area (Å²) in [5.41, 5.74) is -0.364. The molecule has 3 nitrogen and oxygen atoms in total. The number of methoxy groups -OCH3 is 1. The Morgan fingerprint density at radius 3 is 3.17 bits per heavy atom. The van der Waals surface area contributed by atoms with Crippen molar-refractivity contribution in [1.29, 1.82) is 0 Å². The fourth-order valence-electron chi connectivity index (χ4n) is 1.85. The molecule has 0 spiro atoms. The first-order valence-electron chi connectivity index (χ1n) is 4.07. The predicted octanol–water partition coefficient (Wildman–Crippen LogP) is 0.688. The van der Waals surface area contributed by atoms with Gasteiger partial charge in [-0.05, 0) is 6.92 Å². The molecule has 0 radical (unpaired) electrons. The van der Waals surface area contributed by atoms with Crippen molar-refractivity contribution in [3.63, 3.8) is 0 Å². The van der Waals surface area contributed by atoms with Gasteiger partial charge in [-0.1, -0.05) is 12.2 Å². The van der Waals surface area contributed by atoms with Crippen LogP contribution in [0.15, 0.2) is 12.2 Å². The van der Waals surface area contributed by atoms with Gasteiger partial charge < -0.3 is 9.47 Å². The highest BCUT2D eigenvalue weighted by Gasteiger charge is 2.45. The van der Waals surface area contributed by atoms with E-state index in [2.05, 4.69) is 0 Å². The lowest BCUT2D eigenvalue weighted by Crippen LogP contribution is -2.46. The Labute approximate surface area is 71.3 Å². The summed E-state index contributed by atoms with van der Waals surface area (Å²) >= 11 is 0. The van der Waals surface area contributed by atoms with E-state index in [9.17, 15) is 4.79 Å². The number of rotatable bonds is 1. The number of carbonyl (C=O) groups is 1. The Morgan fingerprint density at radius 2 is 2.50 bits per heavy atom. The largest absolute Gasteiger partial charge is 0.371 e. The van der Waals surface area contributed by atoms with Crippen LogP contribution in [0.5, 0.6) is 0 Å². The second kappa shape index (κ2) is 2.41. The molecule has 0 unspecified atom stereocenters. The molecule has 12 heavy (non-hydrogen) atoms. The standard InChI is InChI=1S/C9H12O3/c1-9-4-3-7(12-9)8(11-2)6(10)5-9/h3-4,7-8H,5H2,1-2H3/t7-,8-,9+/m0/s1. The van der Waals surface area contributed by atoms with E-state index in [0.29, 0.717) is 6.42 Å². The van der Waals surface area contributed by atoms with E-state index in [1.807, 2.05) is 19.1 Å². The molecular formula is C9H12O3. The second-order valence-electron chi connectivity index (χ2n) is 3.55. The Kier molecular flexibility index (Phi) is 1.59. The van der Waals surface area contributed by atoms with Crippen molar-refractivity contribution in [3.05, 3.63) is 12.2 Å². The Morgan fingerprint density at radius 1 is 1.75 bits per heavy atom. The zero-order valence-electron chi connectivity index (χ0n) is 7.24. The van der Waals surface area contributed by atoms with E-state index in [4.69, 9.17) is 9.47 Å². The van der Waals surface area contributed by atoms with Crippen molar-refractivity contribution in [1.82, 2.24) is 0 Å². The van der Waals surface area contributed by atoms with Gasteiger partial charge >= 0.3 is 0 Å². The third-order valence-electron chi connectivity index (χ3n) is 2.44. The molecule has 66 valence electrons. The van der Waals surface area contributed by atoms with Gasteiger partial charge in [0.25, 0.3) is 0 Å². The van der Waals surface area contributed by atoms with Crippen LogP contribution in [-0.2, 0) is 14.3 Å². The smallest absolute Gasteiger partial charge is 0.167 e. The van der Waals surface area contributed by atoms with Gasteiger partial charge in [0.2, 0.25) is 0 Å². The topological polar surface area (TPSA) is 35.5 Å². The minimum Gasteiger partial charge on any atom is -0.371 e. The highest BCUT2D eigenvalue weighted by Crippen LogP contribution is 2.34. The van der Waals surface area contributed by atoms with Crippen LogP contribution >= 0.6 is 0 Å². The molecule has 0 aromatic rings. The molecule has 2 rings (SSSR count). The van der Waals surface area contributed by atoms with E-state index in [1.54, 1.807) is 7.11 Å². The van der Waals surface area contributed by atoms with Gasteiger partial charge in [0.05, 0.1) is 5.60 Å². The number of fused-ring (bicyclic) bond motifs is 2. The summed E-state index contributed by atoms with van der Waals surface area (Å²) in [6, 6.07) is 0. The third-order valence-corrected chi connectivity index (χ3v) is 2.44. The van der Waals surface area contributed by atoms with Gasteiger partial charge in [-0.2, -0.15) is 0 Å². The number of ketones is 1. The van der Waals surface area contributed by atoms with Crippen LogP contribution in [0.4, 0.5) is 0 Å². The number of hydrogen-bond donors (Lipinski definition) is 0. The second-order valence-corrected chi connectivity index (χ2v) is 3.55. The zero-order chi connectivity index (χ0) is 8.77. The molecule has 0 aliphatic carbocycles. The van der Waals surface area contributed by atoms with E-state index >= 15 is 0 Å². The van der Waals surface area contributed by atoms with Crippen LogP contribution < -0.4 is 0 Å². The Hall–Kier alpha value is -0.670. The molecule has 0 N–H and O–H groups in total. The molecule has 1 fully saturated rings. The van der Waals surface area contributed by atoms with Crippen LogP contribution in [0.2, 0.25) is 0 Å². The lowest BCUT2D eigenvalue weighted by molar-refractivity contribution is -0.159. The molecule has 1 saturated heterocycles. The monoisotopic (exact) mass is 168 g/mol. The summed E-state index contributed by atoms with van der Waals surface area (Å²) in [6.07, 6.45) is 3.74. The van der Waals surface area contributed by atoms with Crippen LogP contribution in [0.25, 0.3) is 0 Å². The Bertz CT molecular complexity index is 246. The molecular weight excluding hydrogens is 156 g/mol. The van der Waals surface area contributed by atoms with Crippen LogP contribution in [-0.4, -0.2) is 30.7 Å². The average Bonchev–Trinajstić information content (AvgIpc) is 2.29. The predicted molar refractivity (Wildman–Crippen MR) is 42.8 cm³/mol. The molecule has 2 aliphatic rings. The molecule has 3 atom stereocenters. The van der Waals surface area contributed by atoms with Gasteiger partial charge in [0.15, 0.2) is 5.78 Å². The molecule has 0 saturated carbocycles. The average molecular weight is 168 g/mol. The van der Waals surface area contributed by atoms with E-state index in [1.165, 1.54) is 0 Å². The van der Waals surface area contributed by atoms with E-state index in [-0.39, 0.29) is 17.5 Å². The van der Waals surface area contributed by atoms with Crippen LogP contribution in [0.3, 0.4) is 0 Å². The number of carbonyl (C=O) groups excluding carboxylic acids is 1. The molecule has 2 bridgehead atoms. The maximum atomic E-state index is 11.4. The van der Waals surface area contributed by atoms with Gasteiger partial charge in [0.1, 0.15) is 12.2 Å². The SMILES string of the molecule is CO[C@H]1C(=O)C[C@@]2(C)C=C[C@@H]1O2. The fourth-order valence-corrected chi connectivity index (χ4v) is 1.85. The number of ether oxygens (including phenoxy) is 2. The molecule has 2 heterocycles. The van der Waals surface area contributed by atoms with Gasteiger partial charge in [-0.25, -0.2) is 0 Å². The Balaban J connectivity index is 2.25. The number of Topliss-reactive ketones (excluding diaryl/α,β-unsaturated/α-hetero) is 1. The van der Waals surface area contributed by atoms with E-state index in [0.717, 1.165) is 0 Å². The summed E-state index contributed by atoms with van der Waals surface area (Å²) in [5, 5.41) is 0. The van der Waals surface area contributed by atoms with E-state index < -0.39 is 6.10 Å². The van der Waals surface area contributed by atoms with Gasteiger partial charge in [-0.3, -0.25) is 4.79 Å². The summed E-state index contributed by atoms with van der Waals surface area (Å²) in [6.45, 7) is 1.92.